The van der Waals surface area contributed by atoms with E-state index in [2.05, 4.69) is 17.0 Å². The molecule has 1 saturated heterocycles. The number of benzene rings is 1. The Labute approximate surface area is 152 Å². The highest BCUT2D eigenvalue weighted by Gasteiger charge is 2.26. The van der Waals surface area contributed by atoms with Crippen LogP contribution in [0.25, 0.3) is 12.2 Å². The van der Waals surface area contributed by atoms with Crippen LogP contribution in [0.5, 0.6) is 0 Å². The average Bonchev–Trinajstić information content (AvgIpc) is 3.34. The van der Waals surface area contributed by atoms with Crippen molar-refractivity contribution in [1.29, 1.82) is 0 Å². The van der Waals surface area contributed by atoms with E-state index < -0.39 is 0 Å². The molecule has 0 amide bonds. The summed E-state index contributed by atoms with van der Waals surface area (Å²) in [6.07, 6.45) is 6.88. The first-order valence-corrected chi connectivity index (χ1v) is 8.57. The first-order chi connectivity index (χ1) is 12.8. The second-order valence-corrected chi connectivity index (χ2v) is 6.33. The Kier molecular flexibility index (Phi) is 4.67. The lowest BCUT2D eigenvalue weighted by Crippen LogP contribution is -2.37. The van der Waals surface area contributed by atoms with Gasteiger partial charge in [0.15, 0.2) is 5.78 Å². The summed E-state index contributed by atoms with van der Waals surface area (Å²) in [5.74, 6) is 1.42. The van der Waals surface area contributed by atoms with Gasteiger partial charge in [0, 0.05) is 30.8 Å². The van der Waals surface area contributed by atoms with Gasteiger partial charge >= 0.3 is 0 Å². The van der Waals surface area contributed by atoms with Crippen LogP contribution in [-0.2, 0) is 11.3 Å². The van der Waals surface area contributed by atoms with E-state index in [4.69, 9.17) is 8.83 Å². The molecule has 130 valence electrons. The molecule has 4 nitrogen and oxygen atoms in total. The zero-order valence-electron chi connectivity index (χ0n) is 14.3. The van der Waals surface area contributed by atoms with Gasteiger partial charge in [-0.25, -0.2) is 0 Å². The summed E-state index contributed by atoms with van der Waals surface area (Å²) in [7, 11) is 0. The third-order valence-corrected chi connectivity index (χ3v) is 4.34. The van der Waals surface area contributed by atoms with Crippen molar-refractivity contribution in [3.63, 3.8) is 0 Å². The molecule has 1 aliphatic rings. The highest BCUT2D eigenvalue weighted by atomic mass is 16.3. The number of furan rings is 2. The van der Waals surface area contributed by atoms with E-state index in [1.807, 2.05) is 54.6 Å². The molecule has 26 heavy (non-hydrogen) atoms. The van der Waals surface area contributed by atoms with Gasteiger partial charge in [-0.1, -0.05) is 30.3 Å². The van der Waals surface area contributed by atoms with Crippen LogP contribution in [-0.4, -0.2) is 23.8 Å². The van der Waals surface area contributed by atoms with E-state index in [1.54, 1.807) is 12.5 Å². The summed E-state index contributed by atoms with van der Waals surface area (Å²) in [6, 6.07) is 17.6. The molecule has 4 rings (SSSR count). The van der Waals surface area contributed by atoms with Crippen LogP contribution in [0.4, 0.5) is 0 Å². The van der Waals surface area contributed by atoms with Crippen molar-refractivity contribution in [3.8, 4) is 0 Å². The van der Waals surface area contributed by atoms with Gasteiger partial charge in [-0.3, -0.25) is 9.69 Å². The van der Waals surface area contributed by atoms with Crippen LogP contribution in [0.15, 0.2) is 87.1 Å². The van der Waals surface area contributed by atoms with Gasteiger partial charge in [0.2, 0.25) is 0 Å². The van der Waals surface area contributed by atoms with Gasteiger partial charge < -0.3 is 8.83 Å². The lowest BCUT2D eigenvalue weighted by atomic mass is 9.95. The predicted molar refractivity (Wildman–Crippen MR) is 100 cm³/mol. The maximum Gasteiger partial charge on any atom is 0.187 e. The molecule has 1 fully saturated rings. The normalized spacial score (nSPS) is 18.7. The highest BCUT2D eigenvalue weighted by molar-refractivity contribution is 6.14. The molecule has 4 heteroatoms. The lowest BCUT2D eigenvalue weighted by molar-refractivity contribution is -0.113. The van der Waals surface area contributed by atoms with Gasteiger partial charge in [0.05, 0.1) is 12.5 Å². The number of carbonyl (C=O) groups is 1. The molecule has 0 radical (unpaired) electrons. The maximum absolute atomic E-state index is 12.9. The van der Waals surface area contributed by atoms with Crippen molar-refractivity contribution in [3.05, 3.63) is 95.4 Å². The Bertz CT molecular complexity index is 863. The Hall–Kier alpha value is -3.11. The Morgan fingerprint density at radius 2 is 1.38 bits per heavy atom. The molecule has 1 aliphatic heterocycles. The molecule has 0 aliphatic carbocycles. The topological polar surface area (TPSA) is 46.6 Å². The van der Waals surface area contributed by atoms with Crippen LogP contribution in [0.1, 0.15) is 17.1 Å². The first-order valence-electron chi connectivity index (χ1n) is 8.57. The van der Waals surface area contributed by atoms with Crippen molar-refractivity contribution in [2.75, 3.05) is 13.1 Å². The van der Waals surface area contributed by atoms with Gasteiger partial charge in [0.1, 0.15) is 11.5 Å². The van der Waals surface area contributed by atoms with Crippen LogP contribution >= 0.6 is 0 Å². The van der Waals surface area contributed by atoms with Crippen molar-refractivity contribution in [2.24, 2.45) is 0 Å². The largest absolute Gasteiger partial charge is 0.465 e. The Balaban J connectivity index is 1.64. The molecule has 3 aromatic rings. The number of likely N-dealkylation sites (tertiary alicyclic amines) is 1. The first kappa shape index (κ1) is 16.4. The monoisotopic (exact) mass is 345 g/mol. The van der Waals surface area contributed by atoms with Crippen molar-refractivity contribution < 1.29 is 13.6 Å². The molecular formula is C22H19NO3. The van der Waals surface area contributed by atoms with Crippen LogP contribution in [0.3, 0.4) is 0 Å². The Morgan fingerprint density at radius 1 is 0.808 bits per heavy atom. The second kappa shape index (κ2) is 7.42. The number of rotatable bonds is 4. The maximum atomic E-state index is 12.9. The molecule has 0 spiro atoms. The number of hydrogen-bond donors (Lipinski definition) is 0. The van der Waals surface area contributed by atoms with E-state index in [1.165, 1.54) is 5.56 Å². The summed E-state index contributed by atoms with van der Waals surface area (Å²) in [5.41, 5.74) is 2.66. The van der Waals surface area contributed by atoms with E-state index >= 15 is 0 Å². The minimum atomic E-state index is 0.0436. The molecule has 0 saturated carbocycles. The molecule has 0 unspecified atom stereocenters. The lowest BCUT2D eigenvalue weighted by Gasteiger charge is -2.29. The molecule has 0 bridgehead atoms. The number of piperidine rings is 1. The zero-order chi connectivity index (χ0) is 17.8. The highest BCUT2D eigenvalue weighted by Crippen LogP contribution is 2.23. The molecule has 3 heterocycles. The summed E-state index contributed by atoms with van der Waals surface area (Å²) in [6.45, 7) is 1.95. The van der Waals surface area contributed by atoms with Crippen LogP contribution in [0, 0.1) is 0 Å². The second-order valence-electron chi connectivity index (χ2n) is 6.33. The Morgan fingerprint density at radius 3 is 1.88 bits per heavy atom. The number of Topliss-reactive ketones (excluding diaryl/α,β-unsaturated/α-hetero) is 1. The van der Waals surface area contributed by atoms with Crippen molar-refractivity contribution >= 4 is 17.9 Å². The summed E-state index contributed by atoms with van der Waals surface area (Å²) >= 11 is 0. The SMILES string of the molecule is O=C1C(=Cc2ccco2)CN(Cc2ccccc2)CC1=Cc1ccco1. The van der Waals surface area contributed by atoms with Gasteiger partial charge in [0.25, 0.3) is 0 Å². The van der Waals surface area contributed by atoms with Crippen LogP contribution < -0.4 is 0 Å². The third kappa shape index (κ3) is 3.76. The fourth-order valence-corrected chi connectivity index (χ4v) is 3.15. The minimum Gasteiger partial charge on any atom is -0.465 e. The van der Waals surface area contributed by atoms with E-state index in [0.29, 0.717) is 24.6 Å². The minimum absolute atomic E-state index is 0.0436. The summed E-state index contributed by atoms with van der Waals surface area (Å²) in [4.78, 5) is 15.2. The molecule has 0 atom stereocenters. The van der Waals surface area contributed by atoms with Gasteiger partial charge in [-0.05, 0) is 42.0 Å². The number of ketones is 1. The van der Waals surface area contributed by atoms with E-state index in [9.17, 15) is 4.79 Å². The quantitative estimate of drug-likeness (QED) is 0.657. The predicted octanol–water partition coefficient (Wildman–Crippen LogP) is 4.42. The molecule has 2 aromatic heterocycles. The number of carbonyl (C=O) groups excluding carboxylic acids is 1. The van der Waals surface area contributed by atoms with Gasteiger partial charge in [-0.15, -0.1) is 0 Å². The molecule has 1 aromatic carbocycles. The smallest absolute Gasteiger partial charge is 0.187 e. The van der Waals surface area contributed by atoms with Crippen LogP contribution in [0.2, 0.25) is 0 Å². The number of hydrogen-bond acceptors (Lipinski definition) is 4. The average molecular weight is 345 g/mol. The number of nitrogens with zero attached hydrogens (tertiary/aromatic N) is 1. The molecular weight excluding hydrogens is 326 g/mol. The van der Waals surface area contributed by atoms with Crippen molar-refractivity contribution in [1.82, 2.24) is 4.90 Å². The fourth-order valence-electron chi connectivity index (χ4n) is 3.15. The van der Waals surface area contributed by atoms with Gasteiger partial charge in [-0.2, -0.15) is 0 Å². The summed E-state index contributed by atoms with van der Waals surface area (Å²) < 4.78 is 10.8. The zero-order valence-corrected chi connectivity index (χ0v) is 14.3. The van der Waals surface area contributed by atoms with E-state index in [0.717, 1.165) is 17.7 Å². The molecule has 0 N–H and O–H groups in total. The van der Waals surface area contributed by atoms with Crippen molar-refractivity contribution in [2.45, 2.75) is 6.54 Å². The third-order valence-electron chi connectivity index (χ3n) is 4.34. The standard InChI is InChI=1S/C22H19NO3/c24-22-18(12-20-8-4-10-25-20)15-23(14-17-6-2-1-3-7-17)16-19(22)13-21-9-5-11-26-21/h1-13H,14-16H2. The van der Waals surface area contributed by atoms with E-state index in [-0.39, 0.29) is 5.78 Å². The fraction of sp³-hybridized carbons (Fsp3) is 0.136. The summed E-state index contributed by atoms with van der Waals surface area (Å²) in [5, 5.41) is 0.